The van der Waals surface area contributed by atoms with Crippen molar-refractivity contribution in [1.82, 2.24) is 0 Å². The summed E-state index contributed by atoms with van der Waals surface area (Å²) in [5.74, 6) is 0. The maximum absolute atomic E-state index is 6.07. The van der Waals surface area contributed by atoms with Gasteiger partial charge in [0.05, 0.1) is 21.6 Å². The number of hydrogen-bond donors (Lipinski definition) is 1. The predicted molar refractivity (Wildman–Crippen MR) is 82.0 cm³/mol. The maximum atomic E-state index is 6.07. The molecule has 0 spiro atoms. The van der Waals surface area contributed by atoms with Crippen molar-refractivity contribution in [2.45, 2.75) is 13.5 Å². The van der Waals surface area contributed by atoms with Crippen molar-refractivity contribution >= 4 is 45.9 Å². The van der Waals surface area contributed by atoms with E-state index >= 15 is 0 Å². The summed E-state index contributed by atoms with van der Waals surface area (Å²) in [4.78, 5) is 3.36. The fraction of sp³-hybridized carbons (Fsp3) is 0.231. The minimum Gasteiger partial charge on any atom is -0.398 e. The Balaban J connectivity index is 2.23. The molecule has 18 heavy (non-hydrogen) atoms. The highest BCUT2D eigenvalue weighted by Gasteiger charge is 2.09. The number of nitrogens with two attached hydrogens (primary N) is 1. The van der Waals surface area contributed by atoms with Gasteiger partial charge in [0.2, 0.25) is 0 Å². The Hall–Kier alpha value is -0.900. The number of nitrogen functional groups attached to an aromatic ring is 1. The number of halogens is 2. The number of hydrogen-bond acceptors (Lipinski definition) is 3. The number of rotatable bonds is 3. The van der Waals surface area contributed by atoms with E-state index in [1.807, 2.05) is 38.2 Å². The first-order valence-electron chi connectivity index (χ1n) is 5.48. The van der Waals surface area contributed by atoms with E-state index in [1.54, 1.807) is 11.3 Å². The molecule has 2 aromatic rings. The van der Waals surface area contributed by atoms with Crippen LogP contribution >= 0.6 is 34.5 Å². The SMILES string of the molecule is Cc1cc(N)c(Cl)cc1N(C)Cc1ccc(Cl)s1. The zero-order valence-corrected chi connectivity index (χ0v) is 12.5. The summed E-state index contributed by atoms with van der Waals surface area (Å²) < 4.78 is 0.811. The van der Waals surface area contributed by atoms with Gasteiger partial charge in [-0.15, -0.1) is 11.3 Å². The van der Waals surface area contributed by atoms with Gasteiger partial charge in [-0.05, 0) is 36.8 Å². The van der Waals surface area contributed by atoms with Gasteiger partial charge in [-0.1, -0.05) is 23.2 Å². The Morgan fingerprint density at radius 1 is 1.28 bits per heavy atom. The molecule has 0 unspecified atom stereocenters. The van der Waals surface area contributed by atoms with Crippen LogP contribution in [0.3, 0.4) is 0 Å². The lowest BCUT2D eigenvalue weighted by Crippen LogP contribution is -2.16. The molecule has 0 bridgehead atoms. The van der Waals surface area contributed by atoms with Gasteiger partial charge in [0.25, 0.3) is 0 Å². The third kappa shape index (κ3) is 2.91. The van der Waals surface area contributed by atoms with Crippen LogP contribution in [0, 0.1) is 6.92 Å². The van der Waals surface area contributed by atoms with Crippen molar-refractivity contribution in [2.24, 2.45) is 0 Å². The molecule has 0 saturated heterocycles. The van der Waals surface area contributed by atoms with Crippen molar-refractivity contribution in [2.75, 3.05) is 17.7 Å². The van der Waals surface area contributed by atoms with Crippen molar-refractivity contribution in [3.63, 3.8) is 0 Å². The quantitative estimate of drug-likeness (QED) is 0.841. The van der Waals surface area contributed by atoms with Crippen molar-refractivity contribution in [3.05, 3.63) is 44.1 Å². The van der Waals surface area contributed by atoms with Crippen LogP contribution in [-0.2, 0) is 6.54 Å². The van der Waals surface area contributed by atoms with Gasteiger partial charge in [0, 0.05) is 17.6 Å². The lowest BCUT2D eigenvalue weighted by molar-refractivity contribution is 0.934. The molecule has 0 aliphatic rings. The predicted octanol–water partition coefficient (Wildman–Crippen LogP) is 4.58. The molecule has 0 aliphatic heterocycles. The lowest BCUT2D eigenvalue weighted by atomic mass is 10.1. The number of anilines is 2. The van der Waals surface area contributed by atoms with Crippen LogP contribution in [0.1, 0.15) is 10.4 Å². The summed E-state index contributed by atoms with van der Waals surface area (Å²) in [6, 6.07) is 7.76. The van der Waals surface area contributed by atoms with Gasteiger partial charge in [0.1, 0.15) is 0 Å². The Kier molecular flexibility index (Phi) is 4.05. The zero-order valence-electron chi connectivity index (χ0n) is 10.2. The lowest BCUT2D eigenvalue weighted by Gasteiger charge is -2.21. The monoisotopic (exact) mass is 300 g/mol. The summed E-state index contributed by atoms with van der Waals surface area (Å²) in [7, 11) is 2.03. The summed E-state index contributed by atoms with van der Waals surface area (Å²) >= 11 is 13.6. The third-order valence-electron chi connectivity index (χ3n) is 2.75. The first-order valence-corrected chi connectivity index (χ1v) is 7.05. The number of aryl methyl sites for hydroxylation is 1. The van der Waals surface area contributed by atoms with Crippen LogP contribution in [0.4, 0.5) is 11.4 Å². The Bertz CT molecular complexity index is 566. The standard InChI is InChI=1S/C13H14Cl2N2S/c1-8-5-11(16)10(14)6-12(8)17(2)7-9-3-4-13(15)18-9/h3-6H,7,16H2,1-2H3. The van der Waals surface area contributed by atoms with Crippen LogP contribution in [0.25, 0.3) is 0 Å². The maximum Gasteiger partial charge on any atom is 0.0931 e. The Morgan fingerprint density at radius 2 is 2.00 bits per heavy atom. The van der Waals surface area contributed by atoms with E-state index in [1.165, 1.54) is 4.88 Å². The molecule has 0 aliphatic carbocycles. The van der Waals surface area contributed by atoms with E-state index in [4.69, 9.17) is 28.9 Å². The van der Waals surface area contributed by atoms with Crippen LogP contribution in [-0.4, -0.2) is 7.05 Å². The second-order valence-corrected chi connectivity index (χ2v) is 6.43. The first-order chi connectivity index (χ1) is 8.47. The zero-order chi connectivity index (χ0) is 13.3. The van der Waals surface area contributed by atoms with E-state index in [9.17, 15) is 0 Å². The first kappa shape index (κ1) is 13.5. The summed E-state index contributed by atoms with van der Waals surface area (Å²) in [6.45, 7) is 2.83. The molecule has 0 radical (unpaired) electrons. The van der Waals surface area contributed by atoms with Gasteiger partial charge < -0.3 is 10.6 Å². The van der Waals surface area contributed by atoms with Gasteiger partial charge in [-0.25, -0.2) is 0 Å². The highest BCUT2D eigenvalue weighted by Crippen LogP contribution is 2.30. The molecule has 0 saturated carbocycles. The number of thiophene rings is 1. The smallest absolute Gasteiger partial charge is 0.0931 e. The van der Waals surface area contributed by atoms with E-state index < -0.39 is 0 Å². The molecule has 2 N–H and O–H groups in total. The van der Waals surface area contributed by atoms with Crippen LogP contribution < -0.4 is 10.6 Å². The average Bonchev–Trinajstić information content (AvgIpc) is 2.69. The average molecular weight is 301 g/mol. The molecule has 96 valence electrons. The molecule has 1 aromatic carbocycles. The van der Waals surface area contributed by atoms with Crippen LogP contribution in [0.5, 0.6) is 0 Å². The molecule has 1 aromatic heterocycles. The molecule has 2 nitrogen and oxygen atoms in total. The van der Waals surface area contributed by atoms with Crippen molar-refractivity contribution in [1.29, 1.82) is 0 Å². The summed E-state index contributed by atoms with van der Waals surface area (Å²) in [5.41, 5.74) is 8.59. The van der Waals surface area contributed by atoms with Crippen LogP contribution in [0.15, 0.2) is 24.3 Å². The fourth-order valence-electron chi connectivity index (χ4n) is 1.86. The van der Waals surface area contributed by atoms with Crippen molar-refractivity contribution in [3.8, 4) is 0 Å². The summed E-state index contributed by atoms with van der Waals surface area (Å²) in [5, 5.41) is 0.590. The van der Waals surface area contributed by atoms with E-state index in [2.05, 4.69) is 4.90 Å². The molecule has 5 heteroatoms. The van der Waals surface area contributed by atoms with Gasteiger partial charge in [-0.2, -0.15) is 0 Å². The normalized spacial score (nSPS) is 10.7. The second kappa shape index (κ2) is 5.39. The minimum absolute atomic E-state index is 0.590. The highest BCUT2D eigenvalue weighted by molar-refractivity contribution is 7.16. The minimum atomic E-state index is 0.590. The Morgan fingerprint density at radius 3 is 2.61 bits per heavy atom. The third-order valence-corrected chi connectivity index (χ3v) is 4.29. The van der Waals surface area contributed by atoms with E-state index in [0.29, 0.717) is 10.7 Å². The van der Waals surface area contributed by atoms with E-state index in [0.717, 1.165) is 22.1 Å². The number of nitrogens with zero attached hydrogens (tertiary/aromatic N) is 1. The molecule has 0 atom stereocenters. The molecule has 2 rings (SSSR count). The largest absolute Gasteiger partial charge is 0.398 e. The number of benzene rings is 1. The van der Waals surface area contributed by atoms with Gasteiger partial charge >= 0.3 is 0 Å². The topological polar surface area (TPSA) is 29.3 Å². The fourth-order valence-corrected chi connectivity index (χ4v) is 3.16. The van der Waals surface area contributed by atoms with Gasteiger partial charge in [0.15, 0.2) is 0 Å². The molecule has 0 amide bonds. The van der Waals surface area contributed by atoms with Gasteiger partial charge in [-0.3, -0.25) is 0 Å². The van der Waals surface area contributed by atoms with Crippen molar-refractivity contribution < 1.29 is 0 Å². The molecular weight excluding hydrogens is 287 g/mol. The second-order valence-electron chi connectivity index (χ2n) is 4.22. The molecule has 0 fully saturated rings. The van der Waals surface area contributed by atoms with Crippen LogP contribution in [0.2, 0.25) is 9.36 Å². The molecular formula is C13H14Cl2N2S. The highest BCUT2D eigenvalue weighted by atomic mass is 35.5. The van der Waals surface area contributed by atoms with E-state index in [-0.39, 0.29) is 0 Å². The molecule has 1 heterocycles. The summed E-state index contributed by atoms with van der Waals surface area (Å²) in [6.07, 6.45) is 0. The Labute approximate surface area is 121 Å².